The summed E-state index contributed by atoms with van der Waals surface area (Å²) >= 11 is 3.07. The Hall–Kier alpha value is -0.680. The molecule has 0 amide bonds. The first-order valence-electron chi connectivity index (χ1n) is 4.26. The zero-order valence-electron chi connectivity index (χ0n) is 8.45. The number of benzene rings is 1. The van der Waals surface area contributed by atoms with Gasteiger partial charge in [0.05, 0.1) is 10.2 Å². The van der Waals surface area contributed by atoms with Gasteiger partial charge in [-0.15, -0.1) is 0 Å². The average molecular weight is 291 g/mol. The van der Waals surface area contributed by atoms with Crippen molar-refractivity contribution in [3.8, 4) is 0 Å². The molecule has 0 aromatic heterocycles. The van der Waals surface area contributed by atoms with Crippen LogP contribution in [0.1, 0.15) is 15.9 Å². The summed E-state index contributed by atoms with van der Waals surface area (Å²) in [5.41, 5.74) is 1.13. The van der Waals surface area contributed by atoms with Gasteiger partial charge in [-0.05, 0) is 24.6 Å². The zero-order valence-corrected chi connectivity index (χ0v) is 10.9. The number of aryl methyl sites for hydroxylation is 1. The molecule has 0 spiro atoms. The van der Waals surface area contributed by atoms with E-state index in [1.165, 1.54) is 12.1 Å². The lowest BCUT2D eigenvalue weighted by Gasteiger charge is -2.05. The van der Waals surface area contributed by atoms with E-state index in [0.29, 0.717) is 11.1 Å². The molecule has 0 aliphatic heterocycles. The van der Waals surface area contributed by atoms with Crippen LogP contribution in [0.5, 0.6) is 0 Å². The molecule has 0 saturated carbocycles. The third kappa shape index (κ3) is 2.89. The number of halogens is 1. The molecule has 0 saturated heterocycles. The Kier molecular flexibility index (Phi) is 3.67. The Morgan fingerprint density at radius 2 is 2.00 bits per heavy atom. The summed E-state index contributed by atoms with van der Waals surface area (Å²) < 4.78 is 22.6. The van der Waals surface area contributed by atoms with Crippen molar-refractivity contribution in [2.24, 2.45) is 0 Å². The normalized spacial score (nSPS) is 11.4. The highest BCUT2D eigenvalue weighted by Gasteiger charge is 2.12. The van der Waals surface area contributed by atoms with Crippen molar-refractivity contribution >= 4 is 31.6 Å². The van der Waals surface area contributed by atoms with Crippen LogP contribution in [0.15, 0.2) is 23.1 Å². The summed E-state index contributed by atoms with van der Waals surface area (Å²) in [6.45, 7) is 1.68. The minimum atomic E-state index is -3.21. The Morgan fingerprint density at radius 1 is 1.40 bits per heavy atom. The summed E-state index contributed by atoms with van der Waals surface area (Å²) in [5.74, 6) is -0.0573. The van der Waals surface area contributed by atoms with Gasteiger partial charge >= 0.3 is 0 Å². The number of carbonyl (C=O) groups excluding carboxylic acids is 1. The van der Waals surface area contributed by atoms with Crippen molar-refractivity contribution < 1.29 is 13.2 Å². The number of carbonyl (C=O) groups is 1. The van der Waals surface area contributed by atoms with Crippen LogP contribution < -0.4 is 0 Å². The summed E-state index contributed by atoms with van der Waals surface area (Å²) in [7, 11) is -3.21. The topological polar surface area (TPSA) is 51.2 Å². The van der Waals surface area contributed by atoms with Crippen LogP contribution in [-0.2, 0) is 9.84 Å². The first-order valence-corrected chi connectivity index (χ1v) is 7.27. The van der Waals surface area contributed by atoms with E-state index in [1.54, 1.807) is 13.0 Å². The molecular formula is C10H11BrO3S. The van der Waals surface area contributed by atoms with Crippen molar-refractivity contribution in [1.29, 1.82) is 0 Å². The highest BCUT2D eigenvalue weighted by atomic mass is 79.9. The SMILES string of the molecule is Cc1cc(C(=O)CBr)ccc1S(C)(=O)=O. The Labute approximate surface area is 97.5 Å². The van der Waals surface area contributed by atoms with Crippen molar-refractivity contribution in [3.63, 3.8) is 0 Å². The molecule has 1 aromatic carbocycles. The number of hydrogen-bond donors (Lipinski definition) is 0. The molecule has 1 rings (SSSR count). The van der Waals surface area contributed by atoms with Gasteiger partial charge in [-0.25, -0.2) is 8.42 Å². The predicted octanol–water partition coefficient (Wildman–Crippen LogP) is 1.98. The van der Waals surface area contributed by atoms with Gasteiger partial charge in [-0.2, -0.15) is 0 Å². The third-order valence-electron chi connectivity index (χ3n) is 2.02. The van der Waals surface area contributed by atoms with Gasteiger partial charge in [0.2, 0.25) is 0 Å². The van der Waals surface area contributed by atoms with Crippen LogP contribution in [0, 0.1) is 6.92 Å². The molecule has 5 heteroatoms. The van der Waals surface area contributed by atoms with E-state index in [1.807, 2.05) is 0 Å². The zero-order chi connectivity index (χ0) is 11.6. The van der Waals surface area contributed by atoms with Crippen molar-refractivity contribution in [3.05, 3.63) is 29.3 Å². The molecule has 1 aromatic rings. The van der Waals surface area contributed by atoms with Crippen LogP contribution >= 0.6 is 15.9 Å². The Balaban J connectivity index is 3.27. The third-order valence-corrected chi connectivity index (χ3v) is 3.78. The number of Topliss-reactive ketones (excluding diaryl/α,β-unsaturated/α-hetero) is 1. The van der Waals surface area contributed by atoms with Crippen molar-refractivity contribution in [2.45, 2.75) is 11.8 Å². The lowest BCUT2D eigenvalue weighted by molar-refractivity contribution is 0.102. The number of sulfone groups is 1. The second-order valence-corrected chi connectivity index (χ2v) is 5.85. The van der Waals surface area contributed by atoms with Crippen LogP contribution in [0.2, 0.25) is 0 Å². The van der Waals surface area contributed by atoms with Gasteiger partial charge in [0.25, 0.3) is 0 Å². The maximum absolute atomic E-state index is 11.3. The molecule has 15 heavy (non-hydrogen) atoms. The first kappa shape index (κ1) is 12.4. The minimum absolute atomic E-state index is 0.0573. The summed E-state index contributed by atoms with van der Waals surface area (Å²) in [5, 5.41) is 0.241. The fraction of sp³-hybridized carbons (Fsp3) is 0.300. The molecule has 0 N–H and O–H groups in total. The van der Waals surface area contributed by atoms with E-state index in [4.69, 9.17) is 0 Å². The maximum atomic E-state index is 11.3. The van der Waals surface area contributed by atoms with Gasteiger partial charge in [0, 0.05) is 11.8 Å². The quantitative estimate of drug-likeness (QED) is 0.632. The maximum Gasteiger partial charge on any atom is 0.175 e. The lowest BCUT2D eigenvalue weighted by Crippen LogP contribution is -2.04. The van der Waals surface area contributed by atoms with E-state index in [9.17, 15) is 13.2 Å². The van der Waals surface area contributed by atoms with Crippen LogP contribution in [0.25, 0.3) is 0 Å². The number of ketones is 1. The highest BCUT2D eigenvalue weighted by Crippen LogP contribution is 2.17. The monoisotopic (exact) mass is 290 g/mol. The largest absolute Gasteiger partial charge is 0.293 e. The molecule has 3 nitrogen and oxygen atoms in total. The number of rotatable bonds is 3. The summed E-state index contributed by atoms with van der Waals surface area (Å²) in [6, 6.07) is 4.60. The van der Waals surface area contributed by atoms with Crippen molar-refractivity contribution in [2.75, 3.05) is 11.6 Å². The number of hydrogen-bond acceptors (Lipinski definition) is 3. The Bertz CT molecular complexity index is 491. The fourth-order valence-electron chi connectivity index (χ4n) is 1.32. The smallest absolute Gasteiger partial charge is 0.175 e. The average Bonchev–Trinajstić information content (AvgIpc) is 2.14. The molecule has 0 atom stereocenters. The predicted molar refractivity (Wildman–Crippen MR) is 62.4 cm³/mol. The standard InChI is InChI=1S/C10H11BrO3S/c1-7-5-8(9(12)6-11)3-4-10(7)15(2,13)14/h3-5H,6H2,1-2H3. The Morgan fingerprint density at radius 3 is 2.40 bits per heavy atom. The molecule has 0 heterocycles. The molecule has 0 radical (unpaired) electrons. The minimum Gasteiger partial charge on any atom is -0.293 e. The molecule has 0 unspecified atom stereocenters. The number of alkyl halides is 1. The molecule has 0 aliphatic carbocycles. The molecule has 0 fully saturated rings. The van der Waals surface area contributed by atoms with Crippen LogP contribution in [-0.4, -0.2) is 25.8 Å². The highest BCUT2D eigenvalue weighted by molar-refractivity contribution is 9.09. The fourth-order valence-corrected chi connectivity index (χ4v) is 2.60. The molecule has 0 aliphatic rings. The van der Waals surface area contributed by atoms with Crippen LogP contribution in [0.4, 0.5) is 0 Å². The van der Waals surface area contributed by atoms with Gasteiger partial charge in [0.1, 0.15) is 0 Å². The van der Waals surface area contributed by atoms with E-state index in [0.717, 1.165) is 6.26 Å². The van der Waals surface area contributed by atoms with Crippen molar-refractivity contribution in [1.82, 2.24) is 0 Å². The summed E-state index contributed by atoms with van der Waals surface area (Å²) in [4.78, 5) is 11.6. The van der Waals surface area contributed by atoms with Crippen LogP contribution in [0.3, 0.4) is 0 Å². The first-order chi connectivity index (χ1) is 6.86. The lowest BCUT2D eigenvalue weighted by atomic mass is 10.1. The molecular weight excluding hydrogens is 280 g/mol. The summed E-state index contributed by atoms with van der Waals surface area (Å²) in [6.07, 6.45) is 1.15. The molecule has 0 bridgehead atoms. The second-order valence-electron chi connectivity index (χ2n) is 3.31. The van der Waals surface area contributed by atoms with Gasteiger partial charge in [-0.3, -0.25) is 4.79 Å². The molecule has 82 valence electrons. The van der Waals surface area contributed by atoms with Gasteiger partial charge in [0.15, 0.2) is 15.6 Å². The van der Waals surface area contributed by atoms with Gasteiger partial charge < -0.3 is 0 Å². The van der Waals surface area contributed by atoms with E-state index < -0.39 is 9.84 Å². The van der Waals surface area contributed by atoms with Gasteiger partial charge in [-0.1, -0.05) is 22.0 Å². The van der Waals surface area contributed by atoms with E-state index >= 15 is 0 Å². The van der Waals surface area contributed by atoms with E-state index in [-0.39, 0.29) is 16.0 Å². The van der Waals surface area contributed by atoms with E-state index in [2.05, 4.69) is 15.9 Å². The second kappa shape index (κ2) is 4.45.